The van der Waals surface area contributed by atoms with Crippen LogP contribution in [-0.4, -0.2) is 38.6 Å². The van der Waals surface area contributed by atoms with Gasteiger partial charge in [-0.2, -0.15) is 0 Å². The van der Waals surface area contributed by atoms with Crippen LogP contribution in [0.5, 0.6) is 5.75 Å². The summed E-state index contributed by atoms with van der Waals surface area (Å²) in [4.78, 5) is 0. The zero-order valence-electron chi connectivity index (χ0n) is 9.68. The van der Waals surface area contributed by atoms with Gasteiger partial charge in [0.05, 0.1) is 26.9 Å². The van der Waals surface area contributed by atoms with Crippen LogP contribution in [-0.2, 0) is 16.1 Å². The first-order chi connectivity index (χ1) is 7.80. The zero-order chi connectivity index (χ0) is 11.8. The highest BCUT2D eigenvalue weighted by Crippen LogP contribution is 2.11. The van der Waals surface area contributed by atoms with Crippen molar-refractivity contribution in [3.05, 3.63) is 29.8 Å². The molecule has 0 aromatic heterocycles. The van der Waals surface area contributed by atoms with Crippen LogP contribution in [0.1, 0.15) is 5.56 Å². The van der Waals surface area contributed by atoms with E-state index in [1.54, 1.807) is 14.2 Å². The van der Waals surface area contributed by atoms with Gasteiger partial charge in [0, 0.05) is 7.11 Å². The van der Waals surface area contributed by atoms with Crippen molar-refractivity contribution in [2.75, 3.05) is 27.4 Å². The first-order valence-electron chi connectivity index (χ1n) is 5.14. The standard InChI is InChI=1S/C12H18O4/c1-14-11-5-3-10(4-6-11)8-16-9-12(7-13)15-2/h3-6,12-13H,7-9H2,1-2H3/t12-/m1/s1. The molecule has 4 nitrogen and oxygen atoms in total. The lowest BCUT2D eigenvalue weighted by molar-refractivity contribution is -0.0248. The molecule has 0 saturated heterocycles. The van der Waals surface area contributed by atoms with E-state index in [9.17, 15) is 0 Å². The molecule has 0 unspecified atom stereocenters. The van der Waals surface area contributed by atoms with Crippen molar-refractivity contribution in [3.63, 3.8) is 0 Å². The summed E-state index contributed by atoms with van der Waals surface area (Å²) < 4.78 is 15.4. The lowest BCUT2D eigenvalue weighted by atomic mass is 10.2. The van der Waals surface area contributed by atoms with Gasteiger partial charge in [-0.3, -0.25) is 0 Å². The Hall–Kier alpha value is -1.10. The molecule has 0 fully saturated rings. The summed E-state index contributed by atoms with van der Waals surface area (Å²) >= 11 is 0. The molecule has 90 valence electrons. The summed E-state index contributed by atoms with van der Waals surface area (Å²) in [5.41, 5.74) is 1.06. The smallest absolute Gasteiger partial charge is 0.118 e. The van der Waals surface area contributed by atoms with E-state index >= 15 is 0 Å². The second-order valence-electron chi connectivity index (χ2n) is 3.40. The van der Waals surface area contributed by atoms with Crippen LogP contribution in [0, 0.1) is 0 Å². The molecule has 1 rings (SSSR count). The Morgan fingerprint density at radius 1 is 1.19 bits per heavy atom. The van der Waals surface area contributed by atoms with E-state index in [-0.39, 0.29) is 12.7 Å². The summed E-state index contributed by atoms with van der Waals surface area (Å²) in [6, 6.07) is 7.66. The molecule has 0 radical (unpaired) electrons. The molecule has 16 heavy (non-hydrogen) atoms. The minimum Gasteiger partial charge on any atom is -0.497 e. The van der Waals surface area contributed by atoms with Crippen molar-refractivity contribution in [3.8, 4) is 5.75 Å². The Kier molecular flexibility index (Phi) is 5.85. The molecule has 0 aliphatic heterocycles. The van der Waals surface area contributed by atoms with Crippen molar-refractivity contribution in [1.29, 1.82) is 0 Å². The Bertz CT molecular complexity index is 280. The van der Waals surface area contributed by atoms with E-state index in [1.807, 2.05) is 24.3 Å². The number of hydrogen-bond acceptors (Lipinski definition) is 4. The van der Waals surface area contributed by atoms with Gasteiger partial charge >= 0.3 is 0 Å². The molecule has 0 saturated carbocycles. The normalized spacial score (nSPS) is 12.4. The largest absolute Gasteiger partial charge is 0.497 e. The van der Waals surface area contributed by atoms with Crippen LogP contribution < -0.4 is 4.74 Å². The average molecular weight is 226 g/mol. The van der Waals surface area contributed by atoms with Crippen LogP contribution in [0.3, 0.4) is 0 Å². The Morgan fingerprint density at radius 3 is 2.38 bits per heavy atom. The second kappa shape index (κ2) is 7.22. The van der Waals surface area contributed by atoms with Crippen LogP contribution in [0.4, 0.5) is 0 Å². The van der Waals surface area contributed by atoms with Gasteiger partial charge in [-0.15, -0.1) is 0 Å². The molecule has 1 aromatic rings. The molecule has 1 N–H and O–H groups in total. The number of aliphatic hydroxyl groups is 1. The number of ether oxygens (including phenoxy) is 3. The van der Waals surface area contributed by atoms with Gasteiger partial charge in [-0.25, -0.2) is 0 Å². The van der Waals surface area contributed by atoms with Gasteiger partial charge in [0.2, 0.25) is 0 Å². The number of benzene rings is 1. The van der Waals surface area contributed by atoms with Gasteiger partial charge in [0.15, 0.2) is 0 Å². The summed E-state index contributed by atoms with van der Waals surface area (Å²) in [5, 5.41) is 8.87. The zero-order valence-corrected chi connectivity index (χ0v) is 9.68. The maximum absolute atomic E-state index is 8.87. The topological polar surface area (TPSA) is 47.9 Å². The highest BCUT2D eigenvalue weighted by molar-refractivity contribution is 5.26. The molecule has 1 atom stereocenters. The molecule has 0 bridgehead atoms. The maximum atomic E-state index is 8.87. The third-order valence-corrected chi connectivity index (χ3v) is 2.27. The highest BCUT2D eigenvalue weighted by atomic mass is 16.5. The fraction of sp³-hybridized carbons (Fsp3) is 0.500. The van der Waals surface area contributed by atoms with Crippen molar-refractivity contribution < 1.29 is 19.3 Å². The van der Waals surface area contributed by atoms with Gasteiger partial charge in [-0.1, -0.05) is 12.1 Å². The summed E-state index contributed by atoms with van der Waals surface area (Å²) in [6.07, 6.45) is -0.252. The highest BCUT2D eigenvalue weighted by Gasteiger charge is 2.05. The minimum atomic E-state index is -0.252. The Balaban J connectivity index is 2.31. The third-order valence-electron chi connectivity index (χ3n) is 2.27. The van der Waals surface area contributed by atoms with Crippen LogP contribution >= 0.6 is 0 Å². The van der Waals surface area contributed by atoms with E-state index in [0.717, 1.165) is 11.3 Å². The molecule has 0 aliphatic rings. The van der Waals surface area contributed by atoms with Gasteiger partial charge in [-0.05, 0) is 17.7 Å². The second-order valence-corrected chi connectivity index (χ2v) is 3.40. The Labute approximate surface area is 95.8 Å². The lowest BCUT2D eigenvalue weighted by Gasteiger charge is -2.12. The van der Waals surface area contributed by atoms with E-state index in [0.29, 0.717) is 13.2 Å². The monoisotopic (exact) mass is 226 g/mol. The fourth-order valence-electron chi connectivity index (χ4n) is 1.23. The van der Waals surface area contributed by atoms with Crippen molar-refractivity contribution in [1.82, 2.24) is 0 Å². The average Bonchev–Trinajstić information content (AvgIpc) is 2.35. The molecular formula is C12H18O4. The molecule has 0 heterocycles. The number of hydrogen-bond donors (Lipinski definition) is 1. The molecule has 4 heteroatoms. The molecule has 0 aliphatic carbocycles. The van der Waals surface area contributed by atoms with E-state index in [4.69, 9.17) is 19.3 Å². The van der Waals surface area contributed by atoms with Gasteiger partial charge < -0.3 is 19.3 Å². The van der Waals surface area contributed by atoms with Crippen LogP contribution in [0.25, 0.3) is 0 Å². The van der Waals surface area contributed by atoms with E-state index < -0.39 is 0 Å². The number of methoxy groups -OCH3 is 2. The van der Waals surface area contributed by atoms with Crippen molar-refractivity contribution >= 4 is 0 Å². The van der Waals surface area contributed by atoms with E-state index in [1.165, 1.54) is 0 Å². The number of aliphatic hydroxyl groups excluding tert-OH is 1. The quantitative estimate of drug-likeness (QED) is 0.759. The third kappa shape index (κ3) is 4.18. The Morgan fingerprint density at radius 2 is 1.88 bits per heavy atom. The molecule has 0 amide bonds. The number of rotatable bonds is 7. The first kappa shape index (κ1) is 13.0. The first-order valence-corrected chi connectivity index (χ1v) is 5.14. The van der Waals surface area contributed by atoms with Gasteiger partial charge in [0.25, 0.3) is 0 Å². The fourth-order valence-corrected chi connectivity index (χ4v) is 1.23. The molecule has 0 spiro atoms. The van der Waals surface area contributed by atoms with Crippen LogP contribution in [0.2, 0.25) is 0 Å². The minimum absolute atomic E-state index is 0.0287. The van der Waals surface area contributed by atoms with Gasteiger partial charge in [0.1, 0.15) is 11.9 Å². The predicted octanol–water partition coefficient (Wildman–Crippen LogP) is 1.22. The SMILES string of the molecule is COc1ccc(COC[C@@H](CO)OC)cc1. The summed E-state index contributed by atoms with van der Waals surface area (Å²) in [6.45, 7) is 0.863. The van der Waals surface area contributed by atoms with E-state index in [2.05, 4.69) is 0 Å². The maximum Gasteiger partial charge on any atom is 0.118 e. The summed E-state index contributed by atoms with van der Waals surface area (Å²) in [5.74, 6) is 0.828. The van der Waals surface area contributed by atoms with Crippen LogP contribution in [0.15, 0.2) is 24.3 Å². The summed E-state index contributed by atoms with van der Waals surface area (Å²) in [7, 11) is 3.19. The predicted molar refractivity (Wildman–Crippen MR) is 60.5 cm³/mol. The molecular weight excluding hydrogens is 208 g/mol. The molecule has 1 aromatic carbocycles. The van der Waals surface area contributed by atoms with Crippen molar-refractivity contribution in [2.45, 2.75) is 12.7 Å². The van der Waals surface area contributed by atoms with Crippen molar-refractivity contribution in [2.24, 2.45) is 0 Å². The lowest BCUT2D eigenvalue weighted by Crippen LogP contribution is -2.22.